The molecule has 5 nitrogen and oxygen atoms in total. The first-order chi connectivity index (χ1) is 6.25. The number of nitrogens with zero attached hydrogens (tertiary/aromatic N) is 3. The minimum Gasteiger partial charge on any atom is -0.350 e. The molecule has 0 aliphatic rings. The minimum atomic E-state index is -0.206. The van der Waals surface area contributed by atoms with E-state index in [0.717, 1.165) is 11.5 Å². The van der Waals surface area contributed by atoms with Gasteiger partial charge in [-0.15, -0.1) is 5.10 Å². The first-order valence-electron chi connectivity index (χ1n) is 3.70. The van der Waals surface area contributed by atoms with Crippen molar-refractivity contribution >= 4 is 17.4 Å². The van der Waals surface area contributed by atoms with Crippen molar-refractivity contribution in [3.8, 4) is 6.07 Å². The van der Waals surface area contributed by atoms with E-state index in [1.165, 1.54) is 0 Å². The van der Waals surface area contributed by atoms with Crippen LogP contribution in [0.3, 0.4) is 0 Å². The van der Waals surface area contributed by atoms with Crippen molar-refractivity contribution in [2.75, 3.05) is 6.54 Å². The van der Waals surface area contributed by atoms with Crippen LogP contribution in [0.25, 0.3) is 0 Å². The molecule has 68 valence electrons. The standard InChI is InChI=1S/C7H8N4OS/c1-5-6(13-11-10-5)7(12)9-4-2-3-8/h2,4H2,1H3,(H,9,12). The summed E-state index contributed by atoms with van der Waals surface area (Å²) < 4.78 is 3.64. The lowest BCUT2D eigenvalue weighted by atomic mass is 10.3. The number of aromatic nitrogens is 2. The number of aryl methyl sites for hydroxylation is 1. The van der Waals surface area contributed by atoms with Crippen molar-refractivity contribution in [1.29, 1.82) is 5.26 Å². The smallest absolute Gasteiger partial charge is 0.264 e. The van der Waals surface area contributed by atoms with Gasteiger partial charge < -0.3 is 5.32 Å². The minimum absolute atomic E-state index is 0.206. The lowest BCUT2D eigenvalue weighted by Gasteiger charge is -1.98. The Labute approximate surface area is 79.5 Å². The summed E-state index contributed by atoms with van der Waals surface area (Å²) >= 11 is 1.06. The summed E-state index contributed by atoms with van der Waals surface area (Å²) in [6.45, 7) is 2.09. The van der Waals surface area contributed by atoms with Gasteiger partial charge in [0, 0.05) is 6.54 Å². The van der Waals surface area contributed by atoms with Gasteiger partial charge in [-0.05, 0) is 18.5 Å². The molecule has 0 saturated heterocycles. The summed E-state index contributed by atoms with van der Waals surface area (Å²) in [5, 5.41) is 14.5. The zero-order valence-corrected chi connectivity index (χ0v) is 7.89. The maximum Gasteiger partial charge on any atom is 0.264 e. The normalized spacial score (nSPS) is 9.23. The third kappa shape index (κ3) is 2.49. The van der Waals surface area contributed by atoms with Gasteiger partial charge in [0.1, 0.15) is 4.88 Å². The van der Waals surface area contributed by atoms with E-state index in [2.05, 4.69) is 14.9 Å². The van der Waals surface area contributed by atoms with Crippen LogP contribution in [0, 0.1) is 18.3 Å². The van der Waals surface area contributed by atoms with Crippen LogP contribution in [0.4, 0.5) is 0 Å². The van der Waals surface area contributed by atoms with Crippen LogP contribution >= 0.6 is 11.5 Å². The Bertz CT molecular complexity index is 341. The molecular formula is C7H8N4OS. The lowest BCUT2D eigenvalue weighted by molar-refractivity contribution is 0.0958. The van der Waals surface area contributed by atoms with E-state index in [-0.39, 0.29) is 5.91 Å². The largest absolute Gasteiger partial charge is 0.350 e. The maximum absolute atomic E-state index is 11.3. The summed E-state index contributed by atoms with van der Waals surface area (Å²) in [6, 6.07) is 1.94. The summed E-state index contributed by atoms with van der Waals surface area (Å²) in [5.74, 6) is -0.206. The van der Waals surface area contributed by atoms with Crippen molar-refractivity contribution < 1.29 is 4.79 Å². The van der Waals surface area contributed by atoms with Crippen molar-refractivity contribution in [3.63, 3.8) is 0 Å². The van der Waals surface area contributed by atoms with Crippen LogP contribution < -0.4 is 5.32 Å². The fraction of sp³-hybridized carbons (Fsp3) is 0.429. The van der Waals surface area contributed by atoms with E-state index in [0.29, 0.717) is 23.5 Å². The quantitative estimate of drug-likeness (QED) is 0.713. The second-order valence-electron chi connectivity index (χ2n) is 2.35. The van der Waals surface area contributed by atoms with E-state index < -0.39 is 0 Å². The van der Waals surface area contributed by atoms with Gasteiger partial charge in [0.2, 0.25) is 0 Å². The number of carbonyl (C=O) groups excluding carboxylic acids is 1. The lowest BCUT2D eigenvalue weighted by Crippen LogP contribution is -2.23. The van der Waals surface area contributed by atoms with Gasteiger partial charge in [-0.1, -0.05) is 4.49 Å². The molecule has 0 aromatic carbocycles. The van der Waals surface area contributed by atoms with Gasteiger partial charge in [0.25, 0.3) is 5.91 Å². The van der Waals surface area contributed by atoms with Crippen LogP contribution in [-0.4, -0.2) is 22.0 Å². The molecule has 6 heteroatoms. The van der Waals surface area contributed by atoms with E-state index in [9.17, 15) is 4.79 Å². The van der Waals surface area contributed by atoms with E-state index in [1.807, 2.05) is 6.07 Å². The van der Waals surface area contributed by atoms with Gasteiger partial charge in [-0.25, -0.2) is 0 Å². The molecule has 1 aromatic heterocycles. The molecule has 0 saturated carbocycles. The second kappa shape index (κ2) is 4.52. The highest BCUT2D eigenvalue weighted by atomic mass is 32.1. The molecule has 0 fully saturated rings. The SMILES string of the molecule is Cc1nnsc1C(=O)NCCC#N. The van der Waals surface area contributed by atoms with Crippen molar-refractivity contribution in [2.24, 2.45) is 0 Å². The van der Waals surface area contributed by atoms with Crippen LogP contribution in [-0.2, 0) is 0 Å². The van der Waals surface area contributed by atoms with Crippen LogP contribution in [0.2, 0.25) is 0 Å². The topological polar surface area (TPSA) is 78.7 Å². The molecule has 13 heavy (non-hydrogen) atoms. The van der Waals surface area contributed by atoms with E-state index in [4.69, 9.17) is 5.26 Å². The molecule has 0 unspecified atom stereocenters. The number of rotatable bonds is 3. The summed E-state index contributed by atoms with van der Waals surface area (Å²) in [4.78, 5) is 11.8. The molecule has 0 aliphatic heterocycles. The number of carbonyl (C=O) groups is 1. The number of nitrogens with one attached hydrogen (secondary N) is 1. The van der Waals surface area contributed by atoms with Crippen molar-refractivity contribution in [3.05, 3.63) is 10.6 Å². The number of amides is 1. The second-order valence-corrected chi connectivity index (χ2v) is 3.11. The van der Waals surface area contributed by atoms with Gasteiger partial charge in [-0.2, -0.15) is 5.26 Å². The van der Waals surface area contributed by atoms with Crippen LogP contribution in [0.15, 0.2) is 0 Å². The first-order valence-corrected chi connectivity index (χ1v) is 4.47. The Kier molecular flexibility index (Phi) is 3.34. The summed E-state index contributed by atoms with van der Waals surface area (Å²) in [6.07, 6.45) is 0.316. The molecule has 0 bridgehead atoms. The molecule has 0 atom stereocenters. The van der Waals surface area contributed by atoms with Gasteiger partial charge in [0.15, 0.2) is 0 Å². The molecule has 0 radical (unpaired) electrons. The van der Waals surface area contributed by atoms with Crippen molar-refractivity contribution in [1.82, 2.24) is 14.9 Å². The van der Waals surface area contributed by atoms with Crippen molar-refractivity contribution in [2.45, 2.75) is 13.3 Å². The third-order valence-electron chi connectivity index (χ3n) is 1.38. The Balaban J connectivity index is 2.50. The number of hydrogen-bond donors (Lipinski definition) is 1. The maximum atomic E-state index is 11.3. The average molecular weight is 196 g/mol. The molecular weight excluding hydrogens is 188 g/mol. The molecule has 1 rings (SSSR count). The van der Waals surface area contributed by atoms with Gasteiger partial charge >= 0.3 is 0 Å². The zero-order valence-electron chi connectivity index (χ0n) is 7.07. The monoisotopic (exact) mass is 196 g/mol. The van der Waals surface area contributed by atoms with Crippen LogP contribution in [0.1, 0.15) is 21.8 Å². The molecule has 1 N–H and O–H groups in total. The average Bonchev–Trinajstić information content (AvgIpc) is 2.52. The number of hydrogen-bond acceptors (Lipinski definition) is 5. The Morgan fingerprint density at radius 2 is 2.54 bits per heavy atom. The predicted octanol–water partition coefficient (Wildman–Crippen LogP) is 0.490. The highest BCUT2D eigenvalue weighted by Gasteiger charge is 2.11. The first kappa shape index (κ1) is 9.61. The third-order valence-corrected chi connectivity index (χ3v) is 2.21. The Hall–Kier alpha value is -1.48. The molecule has 0 aliphatic carbocycles. The zero-order chi connectivity index (χ0) is 9.68. The van der Waals surface area contributed by atoms with E-state index in [1.54, 1.807) is 6.92 Å². The Morgan fingerprint density at radius 3 is 3.08 bits per heavy atom. The highest BCUT2D eigenvalue weighted by Crippen LogP contribution is 2.07. The molecule has 1 aromatic rings. The van der Waals surface area contributed by atoms with E-state index >= 15 is 0 Å². The molecule has 0 spiro atoms. The predicted molar refractivity (Wildman–Crippen MR) is 47.2 cm³/mol. The Morgan fingerprint density at radius 1 is 1.77 bits per heavy atom. The van der Waals surface area contributed by atoms with Gasteiger partial charge in [0.05, 0.1) is 18.2 Å². The number of nitriles is 1. The molecule has 1 heterocycles. The van der Waals surface area contributed by atoms with Crippen LogP contribution in [0.5, 0.6) is 0 Å². The molecule has 1 amide bonds. The fourth-order valence-electron chi connectivity index (χ4n) is 0.752. The summed E-state index contributed by atoms with van der Waals surface area (Å²) in [7, 11) is 0. The highest BCUT2D eigenvalue weighted by molar-refractivity contribution is 7.07. The summed E-state index contributed by atoms with van der Waals surface area (Å²) in [5.41, 5.74) is 0.624. The fourth-order valence-corrected chi connectivity index (χ4v) is 1.32. The van der Waals surface area contributed by atoms with Gasteiger partial charge in [-0.3, -0.25) is 4.79 Å².